The number of aromatic nitrogens is 1. The number of nitrogens with zero attached hydrogens (tertiary/aromatic N) is 3. The van der Waals surface area contributed by atoms with E-state index >= 15 is 0 Å². The maximum atomic E-state index is 13.5. The Morgan fingerprint density at radius 1 is 1.06 bits per heavy atom. The molecule has 0 spiro atoms. The van der Waals surface area contributed by atoms with Crippen molar-refractivity contribution < 1.29 is 14.1 Å². The van der Waals surface area contributed by atoms with Crippen molar-refractivity contribution in [2.75, 3.05) is 0 Å². The van der Waals surface area contributed by atoms with E-state index in [-0.39, 0.29) is 5.91 Å². The number of rotatable bonds is 6. The first-order chi connectivity index (χ1) is 15.2. The van der Waals surface area contributed by atoms with E-state index in [0.29, 0.717) is 29.3 Å². The summed E-state index contributed by atoms with van der Waals surface area (Å²) in [4.78, 5) is 15.7. The van der Waals surface area contributed by atoms with Crippen LogP contribution in [0.5, 0.6) is 5.75 Å². The molecule has 0 bridgehead atoms. The highest BCUT2D eigenvalue weighted by Gasteiger charge is 2.34. The summed E-state index contributed by atoms with van der Waals surface area (Å²) >= 11 is 0. The molecule has 1 atom stereocenters. The van der Waals surface area contributed by atoms with E-state index in [1.54, 1.807) is 25.1 Å². The van der Waals surface area contributed by atoms with Gasteiger partial charge in [-0.25, -0.2) is 0 Å². The summed E-state index contributed by atoms with van der Waals surface area (Å²) in [6.07, 6.45) is 11.2. The Morgan fingerprint density at radius 2 is 1.65 bits per heavy atom. The van der Waals surface area contributed by atoms with E-state index in [9.17, 15) is 4.79 Å². The van der Waals surface area contributed by atoms with E-state index in [2.05, 4.69) is 10.1 Å². The van der Waals surface area contributed by atoms with Gasteiger partial charge in [-0.3, -0.25) is 4.79 Å². The molecule has 31 heavy (non-hydrogen) atoms. The minimum Gasteiger partial charge on any atom is -0.476 e. The Hall–Kier alpha value is -2.81. The van der Waals surface area contributed by atoms with Crippen LogP contribution in [0, 0.1) is 11.3 Å². The third-order valence-corrected chi connectivity index (χ3v) is 6.53. The molecule has 0 saturated heterocycles. The van der Waals surface area contributed by atoms with Crippen LogP contribution in [0.1, 0.15) is 81.6 Å². The molecule has 2 aliphatic rings. The molecular weight excluding hydrogens is 390 g/mol. The highest BCUT2D eigenvalue weighted by molar-refractivity contribution is 5.93. The van der Waals surface area contributed by atoms with Gasteiger partial charge in [0.05, 0.1) is 0 Å². The molecule has 2 aromatic rings. The molecule has 6 heteroatoms. The molecule has 0 N–H and O–H groups in total. The summed E-state index contributed by atoms with van der Waals surface area (Å²) in [5, 5.41) is 13.0. The second kappa shape index (κ2) is 10.00. The predicted molar refractivity (Wildman–Crippen MR) is 118 cm³/mol. The SMILES string of the molecule is CC(C#N)Oc1ccc(-c2cc(C(=O)N(C3CCCCC3)C3CCCCC3)no2)cc1. The van der Waals surface area contributed by atoms with Gasteiger partial charge in [0.1, 0.15) is 11.8 Å². The molecule has 1 aromatic heterocycles. The molecule has 2 aliphatic carbocycles. The summed E-state index contributed by atoms with van der Waals surface area (Å²) in [6.45, 7) is 1.70. The van der Waals surface area contributed by atoms with Crippen LogP contribution in [0.3, 0.4) is 0 Å². The van der Waals surface area contributed by atoms with Crippen molar-refractivity contribution in [1.29, 1.82) is 5.26 Å². The molecule has 1 heterocycles. The average molecular weight is 422 g/mol. The van der Waals surface area contributed by atoms with Gasteiger partial charge in [-0.1, -0.05) is 43.7 Å². The minimum atomic E-state index is -0.508. The van der Waals surface area contributed by atoms with Crippen molar-refractivity contribution in [3.05, 3.63) is 36.0 Å². The monoisotopic (exact) mass is 421 g/mol. The summed E-state index contributed by atoms with van der Waals surface area (Å²) in [5.74, 6) is 1.20. The van der Waals surface area contributed by atoms with Crippen molar-refractivity contribution >= 4 is 5.91 Å². The third-order valence-electron chi connectivity index (χ3n) is 6.53. The Balaban J connectivity index is 1.51. The largest absolute Gasteiger partial charge is 0.476 e. The van der Waals surface area contributed by atoms with Crippen LogP contribution in [0.25, 0.3) is 11.3 Å². The Morgan fingerprint density at radius 3 is 2.19 bits per heavy atom. The number of carbonyl (C=O) groups excluding carboxylic acids is 1. The molecule has 6 nitrogen and oxygen atoms in total. The van der Waals surface area contributed by atoms with Crippen molar-refractivity contribution in [3.8, 4) is 23.1 Å². The lowest BCUT2D eigenvalue weighted by Gasteiger charge is -2.41. The van der Waals surface area contributed by atoms with Gasteiger partial charge in [0.25, 0.3) is 5.91 Å². The van der Waals surface area contributed by atoms with Crippen molar-refractivity contribution in [1.82, 2.24) is 10.1 Å². The smallest absolute Gasteiger partial charge is 0.276 e. The molecule has 1 unspecified atom stereocenters. The van der Waals surface area contributed by atoms with E-state index in [0.717, 1.165) is 31.2 Å². The van der Waals surface area contributed by atoms with E-state index in [4.69, 9.17) is 14.5 Å². The van der Waals surface area contributed by atoms with Crippen LogP contribution >= 0.6 is 0 Å². The first-order valence-electron chi connectivity index (χ1n) is 11.6. The zero-order chi connectivity index (χ0) is 21.6. The molecular formula is C25H31N3O3. The van der Waals surface area contributed by atoms with Gasteiger partial charge in [0.15, 0.2) is 17.6 Å². The Labute approximate surface area is 184 Å². The summed E-state index contributed by atoms with van der Waals surface area (Å²) < 4.78 is 11.0. The number of nitriles is 1. The summed E-state index contributed by atoms with van der Waals surface area (Å²) in [5.41, 5.74) is 1.22. The molecule has 2 saturated carbocycles. The average Bonchev–Trinajstić information content (AvgIpc) is 3.31. The number of hydrogen-bond acceptors (Lipinski definition) is 5. The zero-order valence-corrected chi connectivity index (χ0v) is 18.3. The van der Waals surface area contributed by atoms with Crippen LogP contribution < -0.4 is 4.74 Å². The standard InChI is InChI=1S/C25H31N3O3/c1-18(17-26)30-22-14-12-19(13-15-22)24-16-23(27-31-24)25(29)28(20-8-4-2-5-9-20)21-10-6-3-7-11-21/h12-16,18,20-21H,2-11H2,1H3. The number of carbonyl (C=O) groups is 1. The fraction of sp³-hybridized carbons (Fsp3) is 0.560. The molecule has 1 amide bonds. The van der Waals surface area contributed by atoms with Gasteiger partial charge in [-0.05, 0) is 56.9 Å². The first kappa shape index (κ1) is 21.4. The molecule has 164 valence electrons. The van der Waals surface area contributed by atoms with Gasteiger partial charge < -0.3 is 14.2 Å². The van der Waals surface area contributed by atoms with Crippen LogP contribution in [0.2, 0.25) is 0 Å². The minimum absolute atomic E-state index is 0.0107. The highest BCUT2D eigenvalue weighted by atomic mass is 16.5. The molecule has 0 radical (unpaired) electrons. The third kappa shape index (κ3) is 5.10. The summed E-state index contributed by atoms with van der Waals surface area (Å²) in [7, 11) is 0. The zero-order valence-electron chi connectivity index (χ0n) is 18.3. The lowest BCUT2D eigenvalue weighted by molar-refractivity contribution is 0.0438. The normalized spacial score (nSPS) is 18.8. The predicted octanol–water partition coefficient (Wildman–Crippen LogP) is 5.74. The molecule has 4 rings (SSSR count). The van der Waals surface area contributed by atoms with Crippen LogP contribution in [-0.4, -0.2) is 34.2 Å². The summed E-state index contributed by atoms with van der Waals surface area (Å²) in [6, 6.07) is 11.8. The van der Waals surface area contributed by atoms with E-state index in [1.807, 2.05) is 18.2 Å². The van der Waals surface area contributed by atoms with Crippen molar-refractivity contribution in [3.63, 3.8) is 0 Å². The van der Waals surface area contributed by atoms with Gasteiger partial charge in [0, 0.05) is 23.7 Å². The first-order valence-corrected chi connectivity index (χ1v) is 11.6. The fourth-order valence-electron chi connectivity index (χ4n) is 4.92. The van der Waals surface area contributed by atoms with E-state index in [1.165, 1.54) is 38.5 Å². The number of ether oxygens (including phenoxy) is 1. The molecule has 1 aromatic carbocycles. The van der Waals surface area contributed by atoms with Crippen LogP contribution in [-0.2, 0) is 0 Å². The number of amides is 1. The highest BCUT2D eigenvalue weighted by Crippen LogP contribution is 2.32. The van der Waals surface area contributed by atoms with Crippen molar-refractivity contribution in [2.45, 2.75) is 89.3 Å². The van der Waals surface area contributed by atoms with Crippen LogP contribution in [0.4, 0.5) is 0 Å². The van der Waals surface area contributed by atoms with Gasteiger partial charge in [0.2, 0.25) is 0 Å². The topological polar surface area (TPSA) is 79.4 Å². The number of benzene rings is 1. The lowest BCUT2D eigenvalue weighted by atomic mass is 9.88. The lowest BCUT2D eigenvalue weighted by Crippen LogP contribution is -2.48. The maximum absolute atomic E-state index is 13.5. The molecule has 2 fully saturated rings. The van der Waals surface area contributed by atoms with Gasteiger partial charge >= 0.3 is 0 Å². The maximum Gasteiger partial charge on any atom is 0.276 e. The van der Waals surface area contributed by atoms with Crippen molar-refractivity contribution in [2.24, 2.45) is 0 Å². The number of hydrogen-bond donors (Lipinski definition) is 0. The Kier molecular flexibility index (Phi) is 6.91. The fourth-order valence-corrected chi connectivity index (χ4v) is 4.92. The second-order valence-corrected chi connectivity index (χ2v) is 8.79. The van der Waals surface area contributed by atoms with Crippen LogP contribution in [0.15, 0.2) is 34.9 Å². The van der Waals surface area contributed by atoms with E-state index < -0.39 is 6.10 Å². The van der Waals surface area contributed by atoms with Gasteiger partial charge in [-0.2, -0.15) is 5.26 Å². The quantitative estimate of drug-likeness (QED) is 0.594. The Bertz CT molecular complexity index is 885. The van der Waals surface area contributed by atoms with Gasteiger partial charge in [-0.15, -0.1) is 0 Å². The molecule has 0 aliphatic heterocycles. The second-order valence-electron chi connectivity index (χ2n) is 8.79.